The summed E-state index contributed by atoms with van der Waals surface area (Å²) in [5, 5.41) is 9.42. The van der Waals surface area contributed by atoms with E-state index in [9.17, 15) is 13.5 Å². The molecule has 0 radical (unpaired) electrons. The van der Waals surface area contributed by atoms with Gasteiger partial charge in [-0.05, 0) is 29.2 Å². The third kappa shape index (κ3) is 3.41. The van der Waals surface area contributed by atoms with Crippen LogP contribution in [0.4, 0.5) is 5.69 Å². The molecule has 0 aliphatic rings. The first kappa shape index (κ1) is 12.8. The Hall–Kier alpha value is -1.23. The lowest BCUT2D eigenvalue weighted by Gasteiger charge is -2.23. The molecule has 4 nitrogen and oxygen atoms in total. The maximum atomic E-state index is 11.2. The third-order valence-corrected chi connectivity index (χ3v) is 2.70. The first-order chi connectivity index (χ1) is 7.09. The van der Waals surface area contributed by atoms with Gasteiger partial charge in [0.15, 0.2) is 0 Å². The zero-order valence-electron chi connectivity index (χ0n) is 9.90. The molecular weight excluding hydrogens is 226 g/mol. The Labute approximate surface area is 96.4 Å². The minimum Gasteiger partial charge on any atom is -0.508 e. The fourth-order valence-corrected chi connectivity index (χ4v) is 2.02. The molecule has 0 saturated heterocycles. The molecule has 16 heavy (non-hydrogen) atoms. The van der Waals surface area contributed by atoms with Gasteiger partial charge in [0.05, 0.1) is 11.9 Å². The fraction of sp³-hybridized carbons (Fsp3) is 0.455. The Balaban J connectivity index is 3.29. The number of phenols is 1. The van der Waals surface area contributed by atoms with E-state index in [0.717, 1.165) is 11.8 Å². The number of phenolic OH excluding ortho intramolecular Hbond substituents is 1. The van der Waals surface area contributed by atoms with E-state index in [0.29, 0.717) is 5.69 Å². The van der Waals surface area contributed by atoms with E-state index in [4.69, 9.17) is 0 Å². The molecule has 0 aliphatic carbocycles. The van der Waals surface area contributed by atoms with Crippen LogP contribution in [0.2, 0.25) is 0 Å². The molecule has 5 heteroatoms. The summed E-state index contributed by atoms with van der Waals surface area (Å²) in [4.78, 5) is 0. The zero-order chi connectivity index (χ0) is 12.6. The summed E-state index contributed by atoms with van der Waals surface area (Å²) >= 11 is 0. The minimum absolute atomic E-state index is 0.129. The quantitative estimate of drug-likeness (QED) is 0.781. The van der Waals surface area contributed by atoms with Crippen LogP contribution in [0.1, 0.15) is 26.3 Å². The van der Waals surface area contributed by atoms with Crippen LogP contribution in [0.5, 0.6) is 5.75 Å². The highest BCUT2D eigenvalue weighted by Crippen LogP contribution is 2.32. The fourth-order valence-electron chi connectivity index (χ4n) is 1.44. The number of benzene rings is 1. The minimum atomic E-state index is -3.30. The summed E-state index contributed by atoms with van der Waals surface area (Å²) in [7, 11) is -3.30. The topological polar surface area (TPSA) is 66.4 Å². The number of rotatable bonds is 2. The van der Waals surface area contributed by atoms with Crippen LogP contribution in [0.3, 0.4) is 0 Å². The van der Waals surface area contributed by atoms with Gasteiger partial charge in [0.1, 0.15) is 5.75 Å². The normalized spacial score (nSPS) is 12.5. The van der Waals surface area contributed by atoms with Gasteiger partial charge in [-0.3, -0.25) is 4.72 Å². The Morgan fingerprint density at radius 2 is 1.81 bits per heavy atom. The summed E-state index contributed by atoms with van der Waals surface area (Å²) in [5.74, 6) is 0.129. The van der Waals surface area contributed by atoms with Gasteiger partial charge in [-0.2, -0.15) is 0 Å². The number of hydrogen-bond donors (Lipinski definition) is 2. The van der Waals surface area contributed by atoms with Crippen LogP contribution in [-0.2, 0) is 15.4 Å². The molecule has 0 unspecified atom stereocenters. The maximum Gasteiger partial charge on any atom is 0.229 e. The van der Waals surface area contributed by atoms with Crippen molar-refractivity contribution >= 4 is 15.7 Å². The number of aromatic hydroxyl groups is 1. The lowest BCUT2D eigenvalue weighted by atomic mass is 9.86. The van der Waals surface area contributed by atoms with Gasteiger partial charge in [-0.1, -0.05) is 20.8 Å². The average molecular weight is 243 g/mol. The SMILES string of the molecule is CC(C)(C)c1cc(O)ccc1NS(C)(=O)=O. The molecule has 0 atom stereocenters. The maximum absolute atomic E-state index is 11.2. The molecule has 90 valence electrons. The van der Waals surface area contributed by atoms with Gasteiger partial charge in [-0.15, -0.1) is 0 Å². The van der Waals surface area contributed by atoms with Crippen LogP contribution < -0.4 is 4.72 Å². The van der Waals surface area contributed by atoms with Crippen LogP contribution >= 0.6 is 0 Å². The second-order valence-electron chi connectivity index (χ2n) is 4.85. The molecule has 1 aromatic rings. The van der Waals surface area contributed by atoms with Crippen molar-refractivity contribution in [3.63, 3.8) is 0 Å². The molecule has 0 saturated carbocycles. The lowest BCUT2D eigenvalue weighted by Crippen LogP contribution is -2.17. The van der Waals surface area contributed by atoms with Crippen molar-refractivity contribution in [3.8, 4) is 5.75 Å². The van der Waals surface area contributed by atoms with Crippen molar-refractivity contribution in [3.05, 3.63) is 23.8 Å². The van der Waals surface area contributed by atoms with Crippen molar-refractivity contribution in [2.75, 3.05) is 11.0 Å². The highest BCUT2D eigenvalue weighted by molar-refractivity contribution is 7.92. The van der Waals surface area contributed by atoms with E-state index < -0.39 is 10.0 Å². The smallest absolute Gasteiger partial charge is 0.229 e. The third-order valence-electron chi connectivity index (χ3n) is 2.11. The zero-order valence-corrected chi connectivity index (χ0v) is 10.7. The molecule has 1 rings (SSSR count). The first-order valence-corrected chi connectivity index (χ1v) is 6.80. The van der Waals surface area contributed by atoms with Crippen molar-refractivity contribution in [1.29, 1.82) is 0 Å². The van der Waals surface area contributed by atoms with Crippen LogP contribution in [0.15, 0.2) is 18.2 Å². The van der Waals surface area contributed by atoms with Crippen LogP contribution in [0, 0.1) is 0 Å². The average Bonchev–Trinajstić information content (AvgIpc) is 2.04. The molecule has 0 heterocycles. The van der Waals surface area contributed by atoms with E-state index in [2.05, 4.69) is 4.72 Å². The molecule has 0 amide bonds. The van der Waals surface area contributed by atoms with Gasteiger partial charge < -0.3 is 5.11 Å². The molecule has 1 aromatic carbocycles. The molecule has 0 bridgehead atoms. The Morgan fingerprint density at radius 1 is 1.25 bits per heavy atom. The second-order valence-corrected chi connectivity index (χ2v) is 6.60. The summed E-state index contributed by atoms with van der Waals surface area (Å²) < 4.78 is 24.8. The molecule has 0 spiro atoms. The Morgan fingerprint density at radius 3 is 2.25 bits per heavy atom. The highest BCUT2D eigenvalue weighted by Gasteiger charge is 2.20. The Kier molecular flexibility index (Phi) is 3.19. The first-order valence-electron chi connectivity index (χ1n) is 4.91. The van der Waals surface area contributed by atoms with Crippen molar-refractivity contribution < 1.29 is 13.5 Å². The number of hydrogen-bond acceptors (Lipinski definition) is 3. The van der Waals surface area contributed by atoms with E-state index in [1.54, 1.807) is 12.1 Å². The van der Waals surface area contributed by atoms with E-state index >= 15 is 0 Å². The summed E-state index contributed by atoms with van der Waals surface area (Å²) in [6, 6.07) is 4.60. The van der Waals surface area contributed by atoms with Crippen molar-refractivity contribution in [1.82, 2.24) is 0 Å². The molecule has 2 N–H and O–H groups in total. The van der Waals surface area contributed by atoms with Crippen LogP contribution in [0.25, 0.3) is 0 Å². The number of nitrogens with one attached hydrogen (secondary N) is 1. The summed E-state index contributed by atoms with van der Waals surface area (Å²) in [6.07, 6.45) is 1.10. The summed E-state index contributed by atoms with van der Waals surface area (Å²) in [6.45, 7) is 5.86. The van der Waals surface area contributed by atoms with E-state index in [1.165, 1.54) is 6.07 Å². The highest BCUT2D eigenvalue weighted by atomic mass is 32.2. The predicted octanol–water partition coefficient (Wildman–Crippen LogP) is 2.06. The summed E-state index contributed by atoms with van der Waals surface area (Å²) in [5.41, 5.74) is 1.02. The second kappa shape index (κ2) is 3.97. The van der Waals surface area contributed by atoms with Crippen molar-refractivity contribution in [2.24, 2.45) is 0 Å². The number of sulfonamides is 1. The van der Waals surface area contributed by atoms with Gasteiger partial charge in [0, 0.05) is 0 Å². The van der Waals surface area contributed by atoms with Gasteiger partial charge in [-0.25, -0.2) is 8.42 Å². The van der Waals surface area contributed by atoms with E-state index in [-0.39, 0.29) is 11.2 Å². The Bertz CT molecular complexity index is 486. The van der Waals surface area contributed by atoms with Crippen LogP contribution in [-0.4, -0.2) is 19.8 Å². The predicted molar refractivity (Wildman–Crippen MR) is 65.3 cm³/mol. The van der Waals surface area contributed by atoms with Gasteiger partial charge in [0.25, 0.3) is 0 Å². The molecule has 0 aliphatic heterocycles. The molecule has 0 aromatic heterocycles. The van der Waals surface area contributed by atoms with Crippen molar-refractivity contribution in [2.45, 2.75) is 26.2 Å². The lowest BCUT2D eigenvalue weighted by molar-refractivity contribution is 0.471. The largest absolute Gasteiger partial charge is 0.508 e. The standard InChI is InChI=1S/C11H17NO3S/c1-11(2,3)9-7-8(13)5-6-10(9)12-16(4,14)15/h5-7,12-13H,1-4H3. The molecular formula is C11H17NO3S. The number of anilines is 1. The van der Waals surface area contributed by atoms with Gasteiger partial charge >= 0.3 is 0 Å². The van der Waals surface area contributed by atoms with E-state index in [1.807, 2.05) is 20.8 Å². The monoisotopic (exact) mass is 243 g/mol. The van der Waals surface area contributed by atoms with Gasteiger partial charge in [0.2, 0.25) is 10.0 Å². The molecule has 0 fully saturated rings.